The molecular weight excluding hydrogens is 411 g/mol. The van der Waals surface area contributed by atoms with Gasteiger partial charge in [0.1, 0.15) is 17.4 Å². The van der Waals surface area contributed by atoms with Crippen LogP contribution in [0.1, 0.15) is 43.6 Å². The van der Waals surface area contributed by atoms with Crippen molar-refractivity contribution in [2.45, 2.75) is 38.0 Å². The molecule has 2 saturated carbocycles. The number of hydrogen-bond donors (Lipinski definition) is 2. The van der Waals surface area contributed by atoms with Gasteiger partial charge >= 0.3 is 0 Å². The average Bonchev–Trinajstić information content (AvgIpc) is 3.50. The number of pyridine rings is 3. The Morgan fingerprint density at radius 3 is 2.69 bits per heavy atom. The molecule has 2 aliphatic carbocycles. The van der Waals surface area contributed by atoms with Gasteiger partial charge in [-0.25, -0.2) is 14.4 Å². The van der Waals surface area contributed by atoms with Gasteiger partial charge in [0.05, 0.1) is 12.4 Å². The van der Waals surface area contributed by atoms with Crippen LogP contribution >= 0.6 is 0 Å². The molecule has 7 nitrogen and oxygen atoms in total. The Bertz CT molecular complexity index is 1110. The predicted octanol–water partition coefficient (Wildman–Crippen LogP) is 4.24. The van der Waals surface area contributed by atoms with Gasteiger partial charge in [-0.05, 0) is 60.8 Å². The summed E-state index contributed by atoms with van der Waals surface area (Å²) in [6.45, 7) is 0. The highest BCUT2D eigenvalue weighted by molar-refractivity contribution is 5.94. The molecule has 32 heavy (non-hydrogen) atoms. The summed E-state index contributed by atoms with van der Waals surface area (Å²) in [7, 11) is 0. The van der Waals surface area contributed by atoms with Crippen LogP contribution in [-0.4, -0.2) is 21.1 Å². The predicted molar refractivity (Wildman–Crippen MR) is 113 cm³/mol. The Hall–Kier alpha value is -3.55. The number of halogens is 1. The van der Waals surface area contributed by atoms with Gasteiger partial charge in [-0.3, -0.25) is 10.0 Å². The molecule has 1 spiro atoms. The van der Waals surface area contributed by atoms with Crippen LogP contribution < -0.4 is 14.8 Å². The van der Waals surface area contributed by atoms with Gasteiger partial charge in [0, 0.05) is 28.8 Å². The summed E-state index contributed by atoms with van der Waals surface area (Å²) in [4.78, 5) is 21.0. The molecule has 3 heterocycles. The van der Waals surface area contributed by atoms with Crippen molar-refractivity contribution >= 4 is 11.7 Å². The van der Waals surface area contributed by atoms with Crippen LogP contribution in [0.5, 0.6) is 11.6 Å². The number of rotatable bonds is 5. The second-order valence-corrected chi connectivity index (χ2v) is 8.71. The molecule has 8 heteroatoms. The van der Waals surface area contributed by atoms with Crippen molar-refractivity contribution in [3.05, 3.63) is 72.6 Å². The van der Waals surface area contributed by atoms with E-state index in [0.29, 0.717) is 17.5 Å². The highest BCUT2D eigenvalue weighted by Gasteiger charge is 2.59. The zero-order valence-electron chi connectivity index (χ0n) is 17.4. The standard InChI is InChI=1S/C24H23FN4O3/c25-18-3-6-22(27-14-18)32-19-4-5-21(26-15-19)28-23(30)20-13-24(20)9-1-2-17(12-24)16-7-10-29(31)11-8-16/h3-8,10-11,14-15,17,20H,1-2,9,12-13H2,(H-,26,28,30,31)/p+1. The fourth-order valence-corrected chi connectivity index (χ4v) is 4.87. The largest absolute Gasteiger partial charge is 0.437 e. The summed E-state index contributed by atoms with van der Waals surface area (Å²) in [5.74, 6) is 1.18. The Morgan fingerprint density at radius 2 is 1.97 bits per heavy atom. The monoisotopic (exact) mass is 435 g/mol. The third-order valence-corrected chi connectivity index (χ3v) is 6.61. The minimum atomic E-state index is -0.433. The molecule has 0 saturated heterocycles. The van der Waals surface area contributed by atoms with E-state index in [0.717, 1.165) is 43.0 Å². The molecule has 3 unspecified atom stereocenters. The van der Waals surface area contributed by atoms with Crippen LogP contribution in [0.2, 0.25) is 0 Å². The second-order valence-electron chi connectivity index (χ2n) is 8.71. The fraction of sp³-hybridized carbons (Fsp3) is 0.333. The fourth-order valence-electron chi connectivity index (χ4n) is 4.87. The Kier molecular flexibility index (Phi) is 5.20. The third-order valence-electron chi connectivity index (χ3n) is 6.61. The van der Waals surface area contributed by atoms with Crippen molar-refractivity contribution in [2.75, 3.05) is 5.32 Å². The van der Waals surface area contributed by atoms with E-state index in [2.05, 4.69) is 15.3 Å². The zero-order chi connectivity index (χ0) is 22.1. The summed E-state index contributed by atoms with van der Waals surface area (Å²) in [5, 5.41) is 12.4. The smallest absolute Gasteiger partial charge is 0.229 e. The van der Waals surface area contributed by atoms with E-state index in [9.17, 15) is 14.4 Å². The normalized spacial score (nSPS) is 24.2. The molecule has 0 aliphatic heterocycles. The number of hydrogen-bond acceptors (Lipinski definition) is 5. The van der Waals surface area contributed by atoms with Crippen LogP contribution in [0.4, 0.5) is 10.2 Å². The number of ether oxygens (including phenoxy) is 1. The molecule has 0 radical (unpaired) electrons. The summed E-state index contributed by atoms with van der Waals surface area (Å²) < 4.78 is 19.5. The van der Waals surface area contributed by atoms with Crippen LogP contribution in [0, 0.1) is 17.2 Å². The summed E-state index contributed by atoms with van der Waals surface area (Å²) >= 11 is 0. The van der Waals surface area contributed by atoms with Crippen LogP contribution in [0.15, 0.2) is 61.2 Å². The van der Waals surface area contributed by atoms with Crippen molar-refractivity contribution in [1.29, 1.82) is 0 Å². The van der Waals surface area contributed by atoms with Crippen molar-refractivity contribution in [3.63, 3.8) is 0 Å². The van der Waals surface area contributed by atoms with Gasteiger partial charge in [-0.2, -0.15) is 0 Å². The van der Waals surface area contributed by atoms with Crippen molar-refractivity contribution in [3.8, 4) is 11.6 Å². The first-order valence-electron chi connectivity index (χ1n) is 10.8. The number of nitrogens with one attached hydrogen (secondary N) is 1. The third kappa shape index (κ3) is 4.26. The number of aromatic nitrogens is 3. The number of amides is 1. The van der Waals surface area contributed by atoms with E-state index < -0.39 is 5.82 Å². The number of nitrogens with zero attached hydrogens (tertiary/aromatic N) is 3. The van der Waals surface area contributed by atoms with Crippen LogP contribution in [-0.2, 0) is 4.79 Å². The van der Waals surface area contributed by atoms with Crippen LogP contribution in [0.25, 0.3) is 0 Å². The zero-order valence-corrected chi connectivity index (χ0v) is 17.4. The first-order chi connectivity index (χ1) is 15.5. The summed E-state index contributed by atoms with van der Waals surface area (Å²) in [5.41, 5.74) is 1.28. The van der Waals surface area contributed by atoms with Gasteiger partial charge < -0.3 is 10.1 Å². The van der Waals surface area contributed by atoms with Crippen molar-refractivity contribution in [2.24, 2.45) is 11.3 Å². The van der Waals surface area contributed by atoms with E-state index in [-0.39, 0.29) is 23.1 Å². The molecule has 2 N–H and O–H groups in total. The Labute approximate surface area is 184 Å². The highest BCUT2D eigenvalue weighted by Crippen LogP contribution is 2.64. The lowest BCUT2D eigenvalue weighted by atomic mass is 9.75. The lowest BCUT2D eigenvalue weighted by molar-refractivity contribution is -0.904. The van der Waals surface area contributed by atoms with Crippen molar-refractivity contribution in [1.82, 2.24) is 9.97 Å². The molecular formula is C24H24FN4O3+. The molecule has 0 bridgehead atoms. The average molecular weight is 435 g/mol. The van der Waals surface area contributed by atoms with Gasteiger partial charge in [0.2, 0.25) is 24.2 Å². The molecule has 1 amide bonds. The molecule has 3 aromatic heterocycles. The summed E-state index contributed by atoms with van der Waals surface area (Å²) in [6.07, 6.45) is 11.1. The molecule has 0 aromatic carbocycles. The SMILES string of the molecule is O=C(Nc1ccc(Oc2ccc(F)cn2)cn1)C1CC12CCCC(c1cc[n+](O)cc1)C2. The lowest BCUT2D eigenvalue weighted by Gasteiger charge is -2.30. The molecule has 3 aromatic rings. The Balaban J connectivity index is 1.18. The highest BCUT2D eigenvalue weighted by atomic mass is 19.1. The van der Waals surface area contributed by atoms with Gasteiger partial charge in [-0.1, -0.05) is 6.42 Å². The maximum absolute atomic E-state index is 12.9. The minimum absolute atomic E-state index is 0.00192. The molecule has 2 aliphatic rings. The number of carbonyl (C=O) groups excluding carboxylic acids is 1. The van der Waals surface area contributed by atoms with E-state index in [4.69, 9.17) is 4.74 Å². The molecule has 3 atom stereocenters. The first kappa shape index (κ1) is 20.4. The van der Waals surface area contributed by atoms with Crippen LogP contribution in [0.3, 0.4) is 0 Å². The van der Waals surface area contributed by atoms with Crippen molar-refractivity contribution < 1.29 is 23.9 Å². The lowest BCUT2D eigenvalue weighted by Crippen LogP contribution is -2.29. The van der Waals surface area contributed by atoms with Gasteiger partial charge in [0.25, 0.3) is 0 Å². The number of carbonyl (C=O) groups is 1. The topological polar surface area (TPSA) is 88.2 Å². The quantitative estimate of drug-likeness (QED) is 0.462. The van der Waals surface area contributed by atoms with E-state index in [1.54, 1.807) is 24.5 Å². The van der Waals surface area contributed by atoms with E-state index in [1.165, 1.54) is 23.9 Å². The first-order valence-corrected chi connectivity index (χ1v) is 10.8. The molecule has 5 rings (SSSR count). The number of anilines is 1. The maximum atomic E-state index is 12.9. The summed E-state index contributed by atoms with van der Waals surface area (Å²) in [6, 6.07) is 9.99. The minimum Gasteiger partial charge on any atom is -0.437 e. The maximum Gasteiger partial charge on any atom is 0.229 e. The molecule has 164 valence electrons. The van der Waals surface area contributed by atoms with E-state index >= 15 is 0 Å². The van der Waals surface area contributed by atoms with Gasteiger partial charge in [-0.15, -0.1) is 0 Å². The van der Waals surface area contributed by atoms with Gasteiger partial charge in [0.15, 0.2) is 0 Å². The molecule has 2 fully saturated rings. The van der Waals surface area contributed by atoms with E-state index in [1.807, 2.05) is 12.1 Å². The Morgan fingerprint density at radius 1 is 1.12 bits per heavy atom. The second kappa shape index (κ2) is 8.18.